The van der Waals surface area contributed by atoms with E-state index >= 15 is 0 Å². The molecule has 0 saturated carbocycles. The Morgan fingerprint density at radius 3 is 2.36 bits per heavy atom. The van der Waals surface area contributed by atoms with E-state index in [0.717, 1.165) is 57.1 Å². The fourth-order valence-electron chi connectivity index (χ4n) is 2.68. The van der Waals surface area contributed by atoms with E-state index in [1.54, 1.807) is 14.2 Å². The Morgan fingerprint density at radius 2 is 1.77 bits per heavy atom. The van der Waals surface area contributed by atoms with Crippen LogP contribution in [-0.4, -0.2) is 69.3 Å². The third kappa shape index (κ3) is 5.00. The summed E-state index contributed by atoms with van der Waals surface area (Å²) in [7, 11) is 3.38. The summed E-state index contributed by atoms with van der Waals surface area (Å²) in [5.41, 5.74) is 1.04. The molecule has 0 aromatic heterocycles. The topological polar surface area (TPSA) is 42.0 Å². The summed E-state index contributed by atoms with van der Waals surface area (Å²) in [4.78, 5) is 16.7. The lowest BCUT2D eigenvalue weighted by Crippen LogP contribution is -2.49. The summed E-state index contributed by atoms with van der Waals surface area (Å²) in [5.74, 6) is 1.03. The molecule has 1 fully saturated rings. The van der Waals surface area contributed by atoms with Gasteiger partial charge in [-0.15, -0.1) is 0 Å². The van der Waals surface area contributed by atoms with Gasteiger partial charge in [-0.05, 0) is 24.1 Å². The predicted octanol–water partition coefficient (Wildman–Crippen LogP) is 1.42. The van der Waals surface area contributed by atoms with Crippen LogP contribution in [-0.2, 0) is 16.0 Å². The first-order chi connectivity index (χ1) is 10.7. The molecule has 0 aliphatic carbocycles. The smallest absolute Gasteiger partial charge is 0.227 e. The Balaban J connectivity index is 1.74. The number of benzene rings is 1. The largest absolute Gasteiger partial charge is 0.497 e. The highest BCUT2D eigenvalue weighted by Gasteiger charge is 2.20. The molecule has 1 aromatic carbocycles. The highest BCUT2D eigenvalue weighted by molar-refractivity contribution is 5.78. The standard InChI is InChI=1S/C17H26N2O3/c1-21-13-3-8-18-9-11-19(12-10-18)17(20)14-15-4-6-16(22-2)7-5-15/h4-7H,3,8-14H2,1-2H3. The van der Waals surface area contributed by atoms with Gasteiger partial charge in [0.05, 0.1) is 13.5 Å². The average Bonchev–Trinajstić information content (AvgIpc) is 2.56. The number of hydrogen-bond acceptors (Lipinski definition) is 4. The summed E-state index contributed by atoms with van der Waals surface area (Å²) < 4.78 is 10.2. The van der Waals surface area contributed by atoms with Crippen LogP contribution in [0.15, 0.2) is 24.3 Å². The van der Waals surface area contributed by atoms with Crippen molar-refractivity contribution in [2.24, 2.45) is 0 Å². The van der Waals surface area contributed by atoms with Crippen LogP contribution in [0.3, 0.4) is 0 Å². The molecule has 1 aliphatic heterocycles. The minimum Gasteiger partial charge on any atom is -0.497 e. The van der Waals surface area contributed by atoms with Crippen molar-refractivity contribution >= 4 is 5.91 Å². The number of methoxy groups -OCH3 is 2. The van der Waals surface area contributed by atoms with E-state index in [-0.39, 0.29) is 5.91 Å². The molecule has 0 atom stereocenters. The molecule has 0 bridgehead atoms. The summed E-state index contributed by atoms with van der Waals surface area (Å²) in [5, 5.41) is 0. The van der Waals surface area contributed by atoms with Gasteiger partial charge in [-0.3, -0.25) is 9.69 Å². The van der Waals surface area contributed by atoms with Crippen LogP contribution in [0.5, 0.6) is 5.75 Å². The molecule has 0 spiro atoms. The molecule has 22 heavy (non-hydrogen) atoms. The fourth-order valence-corrected chi connectivity index (χ4v) is 2.68. The van der Waals surface area contributed by atoms with Gasteiger partial charge in [0.15, 0.2) is 0 Å². The van der Waals surface area contributed by atoms with Gasteiger partial charge in [0.25, 0.3) is 0 Å². The lowest BCUT2D eigenvalue weighted by atomic mass is 10.1. The SMILES string of the molecule is COCCCN1CCN(C(=O)Cc2ccc(OC)cc2)CC1. The lowest BCUT2D eigenvalue weighted by molar-refractivity contribution is -0.132. The summed E-state index contributed by atoms with van der Waals surface area (Å²) >= 11 is 0. The third-order valence-electron chi connectivity index (χ3n) is 4.06. The fraction of sp³-hybridized carbons (Fsp3) is 0.588. The Morgan fingerprint density at radius 1 is 1.09 bits per heavy atom. The van der Waals surface area contributed by atoms with Crippen LogP contribution in [0.25, 0.3) is 0 Å². The molecule has 1 heterocycles. The number of hydrogen-bond donors (Lipinski definition) is 0. The molecular weight excluding hydrogens is 280 g/mol. The van der Waals surface area contributed by atoms with Crippen LogP contribution in [0.2, 0.25) is 0 Å². The van der Waals surface area contributed by atoms with Crippen molar-refractivity contribution in [3.05, 3.63) is 29.8 Å². The van der Waals surface area contributed by atoms with E-state index in [9.17, 15) is 4.79 Å². The van der Waals surface area contributed by atoms with Crippen molar-refractivity contribution in [1.29, 1.82) is 0 Å². The van der Waals surface area contributed by atoms with Crippen LogP contribution >= 0.6 is 0 Å². The molecule has 122 valence electrons. The number of carbonyl (C=O) groups is 1. The molecule has 5 nitrogen and oxygen atoms in total. The first kappa shape index (κ1) is 16.8. The quantitative estimate of drug-likeness (QED) is 0.715. The van der Waals surface area contributed by atoms with Crippen molar-refractivity contribution in [2.45, 2.75) is 12.8 Å². The maximum Gasteiger partial charge on any atom is 0.227 e. The minimum absolute atomic E-state index is 0.210. The first-order valence-electron chi connectivity index (χ1n) is 7.85. The van der Waals surface area contributed by atoms with Crippen LogP contribution < -0.4 is 4.74 Å². The molecule has 1 amide bonds. The van der Waals surface area contributed by atoms with Crippen molar-refractivity contribution in [3.63, 3.8) is 0 Å². The monoisotopic (exact) mass is 306 g/mol. The zero-order valence-corrected chi connectivity index (χ0v) is 13.6. The normalized spacial score (nSPS) is 15.8. The molecule has 0 unspecified atom stereocenters. The number of ether oxygens (including phenoxy) is 2. The summed E-state index contributed by atoms with van der Waals surface area (Å²) in [6.45, 7) is 5.41. The van der Waals surface area contributed by atoms with Crippen molar-refractivity contribution in [2.75, 3.05) is 53.6 Å². The number of piperazine rings is 1. The summed E-state index contributed by atoms with van der Waals surface area (Å²) in [6.07, 6.45) is 1.52. The highest BCUT2D eigenvalue weighted by Crippen LogP contribution is 2.13. The molecule has 1 aliphatic rings. The number of rotatable bonds is 7. The summed E-state index contributed by atoms with van der Waals surface area (Å²) in [6, 6.07) is 7.71. The maximum absolute atomic E-state index is 12.3. The van der Waals surface area contributed by atoms with Gasteiger partial charge in [0.1, 0.15) is 5.75 Å². The molecule has 0 N–H and O–H groups in total. The second-order valence-electron chi connectivity index (χ2n) is 5.59. The first-order valence-corrected chi connectivity index (χ1v) is 7.85. The van der Waals surface area contributed by atoms with Gasteiger partial charge in [-0.25, -0.2) is 0 Å². The van der Waals surface area contributed by atoms with Gasteiger partial charge in [-0.1, -0.05) is 12.1 Å². The molecule has 1 aromatic rings. The van der Waals surface area contributed by atoms with Gasteiger partial charge < -0.3 is 14.4 Å². The molecule has 2 rings (SSSR count). The second kappa shape index (κ2) is 8.76. The van der Waals surface area contributed by atoms with Gasteiger partial charge in [-0.2, -0.15) is 0 Å². The van der Waals surface area contributed by atoms with Crippen LogP contribution in [0.4, 0.5) is 0 Å². The molecule has 1 saturated heterocycles. The number of nitrogens with zero attached hydrogens (tertiary/aromatic N) is 2. The van der Waals surface area contributed by atoms with E-state index in [0.29, 0.717) is 6.42 Å². The average molecular weight is 306 g/mol. The van der Waals surface area contributed by atoms with Gasteiger partial charge in [0.2, 0.25) is 5.91 Å². The van der Waals surface area contributed by atoms with Gasteiger partial charge >= 0.3 is 0 Å². The van der Waals surface area contributed by atoms with Gasteiger partial charge in [0, 0.05) is 46.4 Å². The third-order valence-corrected chi connectivity index (χ3v) is 4.06. The Labute approximate surface area is 132 Å². The number of carbonyl (C=O) groups excluding carboxylic acids is 1. The van der Waals surface area contributed by atoms with Crippen molar-refractivity contribution in [1.82, 2.24) is 9.80 Å². The van der Waals surface area contributed by atoms with Crippen molar-refractivity contribution in [3.8, 4) is 5.75 Å². The lowest BCUT2D eigenvalue weighted by Gasteiger charge is -2.34. The highest BCUT2D eigenvalue weighted by atomic mass is 16.5. The van der Waals surface area contributed by atoms with E-state index in [4.69, 9.17) is 9.47 Å². The predicted molar refractivity (Wildman–Crippen MR) is 86.2 cm³/mol. The van der Waals surface area contributed by atoms with Crippen LogP contribution in [0, 0.1) is 0 Å². The zero-order valence-electron chi connectivity index (χ0n) is 13.6. The Kier molecular flexibility index (Phi) is 6.68. The van der Waals surface area contributed by atoms with Crippen LogP contribution in [0.1, 0.15) is 12.0 Å². The molecule has 0 radical (unpaired) electrons. The maximum atomic E-state index is 12.3. The molecular formula is C17H26N2O3. The second-order valence-corrected chi connectivity index (χ2v) is 5.59. The Hall–Kier alpha value is -1.59. The van der Waals surface area contributed by atoms with E-state index in [2.05, 4.69) is 4.90 Å². The van der Waals surface area contributed by atoms with E-state index < -0.39 is 0 Å². The van der Waals surface area contributed by atoms with E-state index in [1.165, 1.54) is 0 Å². The minimum atomic E-state index is 0.210. The van der Waals surface area contributed by atoms with E-state index in [1.807, 2.05) is 29.2 Å². The zero-order chi connectivity index (χ0) is 15.8. The molecule has 5 heteroatoms. The number of amides is 1. The van der Waals surface area contributed by atoms with Crippen molar-refractivity contribution < 1.29 is 14.3 Å². The Bertz CT molecular complexity index is 453.